The molecule has 3 heterocycles. The molecule has 1 amide bonds. The lowest BCUT2D eigenvalue weighted by molar-refractivity contribution is 0.0859. The lowest BCUT2D eigenvalue weighted by Gasteiger charge is -2.36. The van der Waals surface area contributed by atoms with E-state index in [2.05, 4.69) is 14.5 Å². The number of rotatable bonds is 1. The molecular weight excluding hydrogens is 278 g/mol. The molecule has 2 saturated carbocycles. The highest BCUT2D eigenvalue weighted by Crippen LogP contribution is 2.43. The Labute approximate surface area is 129 Å². The largest absolute Gasteiger partial charge is 0.313 e. The van der Waals surface area contributed by atoms with E-state index in [1.807, 2.05) is 13.4 Å². The van der Waals surface area contributed by atoms with Crippen LogP contribution in [0.3, 0.4) is 0 Å². The molecule has 1 aromatic heterocycles. The second-order valence-electron chi connectivity index (χ2n) is 6.99. The summed E-state index contributed by atoms with van der Waals surface area (Å²) in [6.45, 7) is 0. The van der Waals surface area contributed by atoms with Gasteiger partial charge in [-0.15, -0.1) is 0 Å². The average molecular weight is 299 g/mol. The van der Waals surface area contributed by atoms with E-state index in [0.717, 1.165) is 24.6 Å². The molecule has 0 radical (unpaired) electrons. The minimum atomic E-state index is -0.0123. The van der Waals surface area contributed by atoms with Gasteiger partial charge in [-0.25, -0.2) is 9.98 Å². The van der Waals surface area contributed by atoms with E-state index in [0.29, 0.717) is 23.8 Å². The Bertz CT molecular complexity index is 672. The van der Waals surface area contributed by atoms with Gasteiger partial charge >= 0.3 is 0 Å². The zero-order chi connectivity index (χ0) is 14.8. The second kappa shape index (κ2) is 4.33. The molecule has 0 N–H and O–H groups in total. The van der Waals surface area contributed by atoms with Crippen molar-refractivity contribution in [3.8, 4) is 0 Å². The van der Waals surface area contributed by atoms with Crippen LogP contribution in [-0.4, -0.2) is 45.4 Å². The quantitative estimate of drug-likeness (QED) is 0.798. The molecule has 5 rings (SSSR count). The topological polar surface area (TPSA) is 53.7 Å². The van der Waals surface area contributed by atoms with E-state index in [1.165, 1.54) is 32.1 Å². The van der Waals surface area contributed by atoms with Crippen LogP contribution in [-0.2, 0) is 0 Å². The molecule has 2 atom stereocenters. The molecule has 0 saturated heterocycles. The highest BCUT2D eigenvalue weighted by molar-refractivity contribution is 6.18. The van der Waals surface area contributed by atoms with Crippen LogP contribution >= 0.6 is 0 Å². The number of guanidine groups is 1. The first kappa shape index (κ1) is 12.7. The summed E-state index contributed by atoms with van der Waals surface area (Å²) in [6.07, 6.45) is 10.4. The molecule has 6 heteroatoms. The first-order valence-corrected chi connectivity index (χ1v) is 8.47. The van der Waals surface area contributed by atoms with Gasteiger partial charge in [0.25, 0.3) is 5.91 Å². The molecule has 0 bridgehead atoms. The zero-order valence-electron chi connectivity index (χ0n) is 12.9. The minimum absolute atomic E-state index is 0.0123. The highest BCUT2D eigenvalue weighted by atomic mass is 16.2. The Balaban J connectivity index is 1.67. The fraction of sp³-hybridized carbons (Fsp3) is 0.688. The maximum absolute atomic E-state index is 12.6. The summed E-state index contributed by atoms with van der Waals surface area (Å²) in [6, 6.07) is 1.26. The van der Waals surface area contributed by atoms with Gasteiger partial charge in [0.1, 0.15) is 5.82 Å². The Morgan fingerprint density at radius 2 is 1.95 bits per heavy atom. The van der Waals surface area contributed by atoms with Gasteiger partial charge in [0, 0.05) is 13.1 Å². The summed E-state index contributed by atoms with van der Waals surface area (Å²) in [7, 11) is 1.83. The number of carbonyl (C=O) groups excluding carboxylic acids is 1. The van der Waals surface area contributed by atoms with Gasteiger partial charge in [0.15, 0.2) is 5.69 Å². The summed E-state index contributed by atoms with van der Waals surface area (Å²) in [5.74, 6) is 1.84. The molecule has 22 heavy (non-hydrogen) atoms. The number of anilines is 1. The lowest BCUT2D eigenvalue weighted by atomic mass is 10.1. The second-order valence-corrected chi connectivity index (χ2v) is 6.99. The molecule has 4 aliphatic rings. The van der Waals surface area contributed by atoms with Crippen molar-refractivity contribution in [2.45, 2.75) is 63.1 Å². The molecule has 116 valence electrons. The number of fused-ring (bicyclic) bond motifs is 5. The van der Waals surface area contributed by atoms with E-state index in [9.17, 15) is 4.79 Å². The van der Waals surface area contributed by atoms with Crippen LogP contribution in [0.2, 0.25) is 0 Å². The van der Waals surface area contributed by atoms with Gasteiger partial charge in [-0.2, -0.15) is 0 Å². The fourth-order valence-electron chi connectivity index (χ4n) is 4.67. The third kappa shape index (κ3) is 1.48. The van der Waals surface area contributed by atoms with Crippen LogP contribution in [0.5, 0.6) is 0 Å². The van der Waals surface area contributed by atoms with Crippen molar-refractivity contribution in [1.29, 1.82) is 0 Å². The van der Waals surface area contributed by atoms with E-state index < -0.39 is 0 Å². The Kier molecular flexibility index (Phi) is 2.50. The number of carbonyl (C=O) groups is 1. The monoisotopic (exact) mass is 299 g/mol. The van der Waals surface area contributed by atoms with Crippen molar-refractivity contribution in [3.63, 3.8) is 0 Å². The molecule has 2 aliphatic carbocycles. The Hall–Kier alpha value is -1.85. The van der Waals surface area contributed by atoms with Crippen LogP contribution in [0.4, 0.5) is 5.82 Å². The normalized spacial score (nSPS) is 30.6. The number of nitrogens with zero attached hydrogens (tertiary/aromatic N) is 5. The van der Waals surface area contributed by atoms with E-state index in [1.54, 1.807) is 4.90 Å². The number of aliphatic imine (C=N–C) groups is 1. The van der Waals surface area contributed by atoms with Crippen LogP contribution in [0, 0.1) is 0 Å². The number of hydrogen-bond donors (Lipinski definition) is 0. The van der Waals surface area contributed by atoms with Gasteiger partial charge in [-0.1, -0.05) is 12.8 Å². The summed E-state index contributed by atoms with van der Waals surface area (Å²) in [5, 5.41) is 0. The van der Waals surface area contributed by atoms with Crippen molar-refractivity contribution in [1.82, 2.24) is 14.5 Å². The van der Waals surface area contributed by atoms with Gasteiger partial charge in [0.2, 0.25) is 5.96 Å². The maximum atomic E-state index is 12.6. The standard InChI is InChI=1S/C16H21N5O/c1-19-15(22)13-14(20(9-17-13)10-5-2-3-6-10)21-12-8-4-7-11(12)18-16(19)21/h9-12H,2-8H2,1H3/t11-,12+/m1/s1. The molecule has 2 fully saturated rings. The predicted molar refractivity (Wildman–Crippen MR) is 83.2 cm³/mol. The SMILES string of the molecule is CN1C(=O)c2ncn(C3CCCC3)c2N2C1=N[C@@H]1CCC[C@@H]12. The Morgan fingerprint density at radius 1 is 1.14 bits per heavy atom. The van der Waals surface area contributed by atoms with E-state index in [4.69, 9.17) is 4.99 Å². The predicted octanol–water partition coefficient (Wildman–Crippen LogP) is 2.18. The number of hydrogen-bond acceptors (Lipinski definition) is 4. The maximum Gasteiger partial charge on any atom is 0.282 e. The zero-order valence-corrected chi connectivity index (χ0v) is 12.9. The van der Waals surface area contributed by atoms with Gasteiger partial charge in [-0.3, -0.25) is 14.6 Å². The molecule has 0 spiro atoms. The van der Waals surface area contributed by atoms with Gasteiger partial charge in [0.05, 0.1) is 18.4 Å². The van der Waals surface area contributed by atoms with Crippen molar-refractivity contribution in [2.24, 2.45) is 4.99 Å². The molecule has 2 aliphatic heterocycles. The summed E-state index contributed by atoms with van der Waals surface area (Å²) in [5.41, 5.74) is 0.612. The molecule has 0 unspecified atom stereocenters. The van der Waals surface area contributed by atoms with Crippen LogP contribution < -0.4 is 4.90 Å². The van der Waals surface area contributed by atoms with Gasteiger partial charge < -0.3 is 4.57 Å². The third-order valence-electron chi connectivity index (χ3n) is 5.79. The molecular formula is C16H21N5O. The summed E-state index contributed by atoms with van der Waals surface area (Å²) < 4.78 is 2.27. The van der Waals surface area contributed by atoms with Crippen molar-refractivity contribution >= 4 is 17.7 Å². The van der Waals surface area contributed by atoms with Gasteiger partial charge in [-0.05, 0) is 32.1 Å². The number of aromatic nitrogens is 2. The van der Waals surface area contributed by atoms with Crippen molar-refractivity contribution in [3.05, 3.63) is 12.0 Å². The fourth-order valence-corrected chi connectivity index (χ4v) is 4.67. The van der Waals surface area contributed by atoms with E-state index >= 15 is 0 Å². The minimum Gasteiger partial charge on any atom is -0.313 e. The Morgan fingerprint density at radius 3 is 2.77 bits per heavy atom. The average Bonchev–Trinajstić information content (AvgIpc) is 3.23. The molecule has 6 nitrogen and oxygen atoms in total. The first-order chi connectivity index (χ1) is 10.8. The van der Waals surface area contributed by atoms with Crippen LogP contribution in [0.25, 0.3) is 0 Å². The number of imidazole rings is 1. The third-order valence-corrected chi connectivity index (χ3v) is 5.79. The van der Waals surface area contributed by atoms with Crippen molar-refractivity contribution < 1.29 is 4.79 Å². The molecule has 0 aromatic carbocycles. The van der Waals surface area contributed by atoms with Crippen LogP contribution in [0.15, 0.2) is 11.3 Å². The number of amides is 1. The van der Waals surface area contributed by atoms with Crippen LogP contribution in [0.1, 0.15) is 61.5 Å². The summed E-state index contributed by atoms with van der Waals surface area (Å²) >= 11 is 0. The van der Waals surface area contributed by atoms with E-state index in [-0.39, 0.29) is 5.91 Å². The first-order valence-electron chi connectivity index (χ1n) is 8.47. The van der Waals surface area contributed by atoms with Crippen molar-refractivity contribution in [2.75, 3.05) is 11.9 Å². The smallest absolute Gasteiger partial charge is 0.282 e. The molecule has 1 aromatic rings. The lowest BCUT2D eigenvalue weighted by Crippen LogP contribution is -2.52. The highest BCUT2D eigenvalue weighted by Gasteiger charge is 2.49. The summed E-state index contributed by atoms with van der Waals surface area (Å²) in [4.78, 5) is 26.0.